The summed E-state index contributed by atoms with van der Waals surface area (Å²) in [5, 5.41) is 9.09. The van der Waals surface area contributed by atoms with Crippen LogP contribution < -0.4 is 0 Å². The van der Waals surface area contributed by atoms with E-state index in [-0.39, 0.29) is 27.9 Å². The van der Waals surface area contributed by atoms with Gasteiger partial charge in [0.1, 0.15) is 0 Å². The SMILES string of the molecule is O=C(S[C@@H]1CS(=O)(=O)C[C@H]1Cl)c1ccc([N+](=O)[O-])cc1. The van der Waals surface area contributed by atoms with E-state index in [0.29, 0.717) is 0 Å². The van der Waals surface area contributed by atoms with Crippen molar-refractivity contribution in [3.05, 3.63) is 39.9 Å². The molecule has 0 radical (unpaired) electrons. The summed E-state index contributed by atoms with van der Waals surface area (Å²) < 4.78 is 22.8. The van der Waals surface area contributed by atoms with Crippen molar-refractivity contribution in [2.24, 2.45) is 0 Å². The van der Waals surface area contributed by atoms with Crippen molar-refractivity contribution < 1.29 is 18.1 Å². The molecule has 0 spiro atoms. The standard InChI is InChI=1S/C11H10ClNO5S2/c12-9-5-20(17,18)6-10(9)19-11(14)7-1-3-8(4-2-7)13(15)16/h1-4,9-10H,5-6H2/t9-,10-/m1/s1. The predicted molar refractivity (Wildman–Crippen MR) is 77.1 cm³/mol. The zero-order valence-corrected chi connectivity index (χ0v) is 12.5. The van der Waals surface area contributed by atoms with Gasteiger partial charge in [-0.25, -0.2) is 8.42 Å². The Kier molecular flexibility index (Phi) is 4.36. The maximum atomic E-state index is 12.0. The molecule has 20 heavy (non-hydrogen) atoms. The van der Waals surface area contributed by atoms with E-state index in [1.807, 2.05) is 0 Å². The fourth-order valence-electron chi connectivity index (χ4n) is 1.81. The first-order chi connectivity index (χ1) is 9.28. The second-order valence-corrected chi connectivity index (χ2v) is 8.27. The normalized spacial score (nSPS) is 24.4. The van der Waals surface area contributed by atoms with E-state index >= 15 is 0 Å². The van der Waals surface area contributed by atoms with Gasteiger partial charge in [0.15, 0.2) is 9.84 Å². The molecule has 1 fully saturated rings. The summed E-state index contributed by atoms with van der Waals surface area (Å²) in [4.78, 5) is 21.9. The highest BCUT2D eigenvalue weighted by Crippen LogP contribution is 2.31. The lowest BCUT2D eigenvalue weighted by atomic mass is 10.2. The van der Waals surface area contributed by atoms with Gasteiger partial charge in [-0.05, 0) is 12.1 Å². The summed E-state index contributed by atoms with van der Waals surface area (Å²) in [7, 11) is -3.18. The first-order valence-corrected chi connectivity index (χ1v) is 8.72. The van der Waals surface area contributed by atoms with Gasteiger partial charge in [-0.1, -0.05) is 11.8 Å². The summed E-state index contributed by atoms with van der Waals surface area (Å²) in [5.41, 5.74) is 0.180. The molecule has 2 rings (SSSR count). The van der Waals surface area contributed by atoms with E-state index in [1.165, 1.54) is 24.3 Å². The average Bonchev–Trinajstić information content (AvgIpc) is 2.62. The average molecular weight is 336 g/mol. The van der Waals surface area contributed by atoms with Crippen LogP contribution in [0.25, 0.3) is 0 Å². The zero-order valence-electron chi connectivity index (χ0n) is 10.1. The zero-order chi connectivity index (χ0) is 14.9. The van der Waals surface area contributed by atoms with Crippen molar-refractivity contribution in [1.29, 1.82) is 0 Å². The predicted octanol–water partition coefficient (Wildman–Crippen LogP) is 1.87. The molecule has 0 aliphatic carbocycles. The Morgan fingerprint density at radius 1 is 1.30 bits per heavy atom. The number of nitro groups is 1. The Hall–Kier alpha value is -1.12. The van der Waals surface area contributed by atoms with Crippen LogP contribution >= 0.6 is 23.4 Å². The number of benzene rings is 1. The molecular weight excluding hydrogens is 326 g/mol. The van der Waals surface area contributed by atoms with E-state index in [1.54, 1.807) is 0 Å². The van der Waals surface area contributed by atoms with Crippen molar-refractivity contribution in [1.82, 2.24) is 0 Å². The molecule has 0 aromatic heterocycles. The minimum Gasteiger partial charge on any atom is -0.282 e. The first-order valence-electron chi connectivity index (χ1n) is 5.58. The van der Waals surface area contributed by atoms with Crippen LogP contribution in [-0.4, -0.2) is 40.6 Å². The molecule has 6 nitrogen and oxygen atoms in total. The molecule has 1 saturated heterocycles. The van der Waals surface area contributed by atoms with Gasteiger partial charge in [0.05, 0.1) is 21.8 Å². The van der Waals surface area contributed by atoms with Crippen molar-refractivity contribution >= 4 is 44.0 Å². The third kappa shape index (κ3) is 3.50. The molecule has 0 unspecified atom stereocenters. The summed E-state index contributed by atoms with van der Waals surface area (Å²) >= 11 is 6.78. The number of hydrogen-bond donors (Lipinski definition) is 0. The summed E-state index contributed by atoms with van der Waals surface area (Å²) in [5.74, 6) is -0.246. The summed E-state index contributed by atoms with van der Waals surface area (Å²) in [6, 6.07) is 5.16. The van der Waals surface area contributed by atoms with Gasteiger partial charge < -0.3 is 0 Å². The van der Waals surface area contributed by atoms with E-state index in [2.05, 4.69) is 0 Å². The number of carbonyl (C=O) groups excluding carboxylic acids is 1. The number of nitro benzene ring substituents is 1. The number of non-ortho nitro benzene ring substituents is 1. The Morgan fingerprint density at radius 2 is 1.90 bits per heavy atom. The van der Waals surface area contributed by atoms with Crippen LogP contribution in [0, 0.1) is 10.1 Å². The second kappa shape index (κ2) is 5.71. The Labute approximate surface area is 124 Å². The van der Waals surface area contributed by atoms with Crippen molar-refractivity contribution in [3.63, 3.8) is 0 Å². The fraction of sp³-hybridized carbons (Fsp3) is 0.364. The number of sulfone groups is 1. The molecule has 9 heteroatoms. The number of nitrogens with zero attached hydrogens (tertiary/aromatic N) is 1. The van der Waals surface area contributed by atoms with Gasteiger partial charge in [0.25, 0.3) is 5.69 Å². The van der Waals surface area contributed by atoms with E-state index in [0.717, 1.165) is 11.8 Å². The number of hydrogen-bond acceptors (Lipinski definition) is 6. The monoisotopic (exact) mass is 335 g/mol. The summed E-state index contributed by atoms with van der Waals surface area (Å²) in [6.45, 7) is 0. The molecule has 1 aromatic rings. The van der Waals surface area contributed by atoms with Crippen LogP contribution in [0.1, 0.15) is 10.4 Å². The highest BCUT2D eigenvalue weighted by molar-refractivity contribution is 8.15. The minimum absolute atomic E-state index is 0.106. The van der Waals surface area contributed by atoms with E-state index < -0.39 is 25.4 Å². The Balaban J connectivity index is 2.07. The molecule has 1 aliphatic rings. The molecule has 108 valence electrons. The van der Waals surface area contributed by atoms with Gasteiger partial charge in [0, 0.05) is 22.9 Å². The van der Waals surface area contributed by atoms with Crippen LogP contribution in [0.4, 0.5) is 5.69 Å². The molecule has 1 heterocycles. The van der Waals surface area contributed by atoms with E-state index in [9.17, 15) is 23.3 Å². The number of rotatable bonds is 3. The molecule has 0 bridgehead atoms. The minimum atomic E-state index is -3.18. The highest BCUT2D eigenvalue weighted by atomic mass is 35.5. The lowest BCUT2D eigenvalue weighted by Crippen LogP contribution is -2.17. The first kappa shape index (κ1) is 15.3. The van der Waals surface area contributed by atoms with Crippen LogP contribution in [0.2, 0.25) is 0 Å². The fourth-order valence-corrected chi connectivity index (χ4v) is 6.12. The number of halogens is 1. The largest absolute Gasteiger partial charge is 0.282 e. The third-order valence-electron chi connectivity index (χ3n) is 2.81. The van der Waals surface area contributed by atoms with Crippen molar-refractivity contribution in [2.75, 3.05) is 11.5 Å². The molecule has 0 amide bonds. The second-order valence-electron chi connectivity index (χ2n) is 4.34. The number of thioether (sulfide) groups is 1. The quantitative estimate of drug-likeness (QED) is 0.475. The molecule has 1 aromatic carbocycles. The van der Waals surface area contributed by atoms with Crippen LogP contribution in [0.15, 0.2) is 24.3 Å². The van der Waals surface area contributed by atoms with Gasteiger partial charge in [-0.3, -0.25) is 14.9 Å². The lowest BCUT2D eigenvalue weighted by molar-refractivity contribution is -0.384. The van der Waals surface area contributed by atoms with Crippen molar-refractivity contribution in [3.8, 4) is 0 Å². The Morgan fingerprint density at radius 3 is 2.35 bits per heavy atom. The molecule has 0 N–H and O–H groups in total. The van der Waals surface area contributed by atoms with Gasteiger partial charge in [-0.15, -0.1) is 11.6 Å². The Bertz CT molecular complexity index is 643. The summed E-state index contributed by atoms with van der Waals surface area (Å²) in [6.07, 6.45) is 0. The smallest absolute Gasteiger partial charge is 0.269 e. The topological polar surface area (TPSA) is 94.3 Å². The molecule has 1 aliphatic heterocycles. The highest BCUT2D eigenvalue weighted by Gasteiger charge is 2.38. The number of carbonyl (C=O) groups is 1. The van der Waals surface area contributed by atoms with Gasteiger partial charge >= 0.3 is 0 Å². The third-order valence-corrected chi connectivity index (χ3v) is 6.79. The molecule has 2 atom stereocenters. The van der Waals surface area contributed by atoms with Crippen LogP contribution in [-0.2, 0) is 9.84 Å². The van der Waals surface area contributed by atoms with E-state index in [4.69, 9.17) is 11.6 Å². The maximum absolute atomic E-state index is 12.0. The van der Waals surface area contributed by atoms with Crippen LogP contribution in [0.3, 0.4) is 0 Å². The number of alkyl halides is 1. The molecule has 0 saturated carbocycles. The van der Waals surface area contributed by atoms with Gasteiger partial charge in [0.2, 0.25) is 5.12 Å². The molecular formula is C11H10ClNO5S2. The lowest BCUT2D eigenvalue weighted by Gasteiger charge is -2.09. The van der Waals surface area contributed by atoms with Crippen LogP contribution in [0.5, 0.6) is 0 Å². The van der Waals surface area contributed by atoms with Gasteiger partial charge in [-0.2, -0.15) is 0 Å². The maximum Gasteiger partial charge on any atom is 0.269 e. The van der Waals surface area contributed by atoms with Crippen molar-refractivity contribution in [2.45, 2.75) is 10.6 Å².